The van der Waals surface area contributed by atoms with Gasteiger partial charge in [-0.2, -0.15) is 0 Å². The fraction of sp³-hybridized carbons (Fsp3) is 0.375. The van der Waals surface area contributed by atoms with Crippen LogP contribution in [0.5, 0.6) is 0 Å². The van der Waals surface area contributed by atoms with Crippen molar-refractivity contribution >= 4 is 11.9 Å². The van der Waals surface area contributed by atoms with Gasteiger partial charge >= 0.3 is 5.97 Å². The van der Waals surface area contributed by atoms with Gasteiger partial charge in [0.1, 0.15) is 6.04 Å². The molecule has 0 saturated heterocycles. The number of rotatable bonds is 7. The van der Waals surface area contributed by atoms with Gasteiger partial charge in [0.25, 0.3) is 0 Å². The Kier molecular flexibility index (Phi) is 6.46. The van der Waals surface area contributed by atoms with Crippen LogP contribution in [-0.4, -0.2) is 31.1 Å². The first-order valence-electron chi connectivity index (χ1n) is 6.78. The van der Waals surface area contributed by atoms with E-state index in [-0.39, 0.29) is 17.9 Å². The van der Waals surface area contributed by atoms with Gasteiger partial charge in [-0.1, -0.05) is 36.9 Å². The molecule has 5 nitrogen and oxygen atoms in total. The standard InChI is InChI=1S/C16H22N2O3/c1-11(17-12(2)16(20)21-4)15(18-13(3)19)10-14-8-6-5-7-9-14/h5-9,12,15,17H,1,10H2,2-4H3,(H,18,19)/t12-,15-/m0/s1. The van der Waals surface area contributed by atoms with Crippen LogP contribution in [0.15, 0.2) is 42.6 Å². The Labute approximate surface area is 125 Å². The molecule has 1 aromatic carbocycles. The van der Waals surface area contributed by atoms with Crippen LogP contribution in [0.2, 0.25) is 0 Å². The van der Waals surface area contributed by atoms with E-state index in [1.165, 1.54) is 14.0 Å². The lowest BCUT2D eigenvalue weighted by Crippen LogP contribution is -2.44. The normalized spacial score (nSPS) is 12.9. The number of carbonyl (C=O) groups is 2. The van der Waals surface area contributed by atoms with E-state index in [0.717, 1.165) is 5.56 Å². The van der Waals surface area contributed by atoms with Crippen LogP contribution in [0.3, 0.4) is 0 Å². The monoisotopic (exact) mass is 290 g/mol. The molecule has 0 bridgehead atoms. The van der Waals surface area contributed by atoms with Gasteiger partial charge in [0, 0.05) is 12.6 Å². The molecule has 1 amide bonds. The van der Waals surface area contributed by atoms with Crippen molar-refractivity contribution in [3.63, 3.8) is 0 Å². The molecule has 0 aliphatic carbocycles. The number of esters is 1. The number of hydrogen-bond donors (Lipinski definition) is 2. The average molecular weight is 290 g/mol. The zero-order valence-electron chi connectivity index (χ0n) is 12.7. The highest BCUT2D eigenvalue weighted by Gasteiger charge is 2.19. The van der Waals surface area contributed by atoms with Crippen molar-refractivity contribution in [3.05, 3.63) is 48.2 Å². The molecule has 0 aromatic heterocycles. The molecular weight excluding hydrogens is 268 g/mol. The van der Waals surface area contributed by atoms with Gasteiger partial charge in [-0.15, -0.1) is 0 Å². The molecule has 114 valence electrons. The smallest absolute Gasteiger partial charge is 0.327 e. The summed E-state index contributed by atoms with van der Waals surface area (Å²) in [5, 5.41) is 5.81. The highest BCUT2D eigenvalue weighted by molar-refractivity contribution is 5.76. The number of benzene rings is 1. The van der Waals surface area contributed by atoms with E-state index in [9.17, 15) is 9.59 Å². The highest BCUT2D eigenvalue weighted by atomic mass is 16.5. The number of carbonyl (C=O) groups excluding carboxylic acids is 2. The van der Waals surface area contributed by atoms with Crippen molar-refractivity contribution in [1.82, 2.24) is 10.6 Å². The van der Waals surface area contributed by atoms with Crippen LogP contribution in [0, 0.1) is 0 Å². The van der Waals surface area contributed by atoms with Crippen molar-refractivity contribution < 1.29 is 14.3 Å². The zero-order valence-corrected chi connectivity index (χ0v) is 12.7. The molecule has 0 saturated carbocycles. The molecule has 0 radical (unpaired) electrons. The predicted octanol–water partition coefficient (Wildman–Crippen LogP) is 1.40. The molecule has 0 unspecified atom stereocenters. The lowest BCUT2D eigenvalue weighted by molar-refractivity contribution is -0.142. The molecule has 0 spiro atoms. The lowest BCUT2D eigenvalue weighted by atomic mass is 10.0. The third-order valence-electron chi connectivity index (χ3n) is 3.04. The summed E-state index contributed by atoms with van der Waals surface area (Å²) >= 11 is 0. The van der Waals surface area contributed by atoms with Crippen LogP contribution < -0.4 is 10.6 Å². The van der Waals surface area contributed by atoms with Crippen molar-refractivity contribution in [3.8, 4) is 0 Å². The molecule has 0 heterocycles. The maximum atomic E-state index is 11.4. The van der Waals surface area contributed by atoms with Gasteiger partial charge in [-0.25, -0.2) is 4.79 Å². The largest absolute Gasteiger partial charge is 0.467 e. The number of methoxy groups -OCH3 is 1. The molecule has 1 rings (SSSR count). The average Bonchev–Trinajstić information content (AvgIpc) is 2.46. The summed E-state index contributed by atoms with van der Waals surface area (Å²) in [6.45, 7) is 7.07. The third kappa shape index (κ3) is 5.69. The van der Waals surface area contributed by atoms with Crippen molar-refractivity contribution in [2.24, 2.45) is 0 Å². The summed E-state index contributed by atoms with van der Waals surface area (Å²) in [7, 11) is 1.33. The summed E-state index contributed by atoms with van der Waals surface area (Å²) in [4.78, 5) is 22.8. The molecule has 0 aliphatic rings. The molecule has 0 aliphatic heterocycles. The fourth-order valence-electron chi connectivity index (χ4n) is 1.97. The molecule has 2 atom stereocenters. The van der Waals surface area contributed by atoms with Gasteiger partial charge < -0.3 is 15.4 Å². The van der Waals surface area contributed by atoms with E-state index in [2.05, 4.69) is 21.9 Å². The van der Waals surface area contributed by atoms with Gasteiger partial charge in [0.15, 0.2) is 0 Å². The van der Waals surface area contributed by atoms with Crippen LogP contribution in [0.25, 0.3) is 0 Å². The van der Waals surface area contributed by atoms with E-state index in [0.29, 0.717) is 12.1 Å². The van der Waals surface area contributed by atoms with E-state index in [1.54, 1.807) is 6.92 Å². The fourth-order valence-corrected chi connectivity index (χ4v) is 1.97. The van der Waals surface area contributed by atoms with Crippen LogP contribution >= 0.6 is 0 Å². The summed E-state index contributed by atoms with van der Waals surface area (Å²) in [6, 6.07) is 8.95. The Morgan fingerprint density at radius 2 is 1.86 bits per heavy atom. The number of hydrogen-bond acceptors (Lipinski definition) is 4. The second-order valence-corrected chi connectivity index (χ2v) is 4.86. The van der Waals surface area contributed by atoms with E-state index < -0.39 is 6.04 Å². The van der Waals surface area contributed by atoms with Crippen LogP contribution in [-0.2, 0) is 20.7 Å². The first-order valence-corrected chi connectivity index (χ1v) is 6.78. The molecule has 21 heavy (non-hydrogen) atoms. The number of amides is 1. The molecule has 2 N–H and O–H groups in total. The van der Waals surface area contributed by atoms with Crippen molar-refractivity contribution in [2.45, 2.75) is 32.4 Å². The SMILES string of the molecule is C=C(N[C@@H](C)C(=O)OC)[C@H](Cc1ccccc1)NC(C)=O. The maximum absolute atomic E-state index is 11.4. The Morgan fingerprint density at radius 3 is 2.38 bits per heavy atom. The van der Waals surface area contributed by atoms with Gasteiger partial charge in [-0.3, -0.25) is 4.79 Å². The Hall–Kier alpha value is -2.30. The first-order chi connectivity index (χ1) is 9.93. The summed E-state index contributed by atoms with van der Waals surface area (Å²) in [6.07, 6.45) is 0.597. The van der Waals surface area contributed by atoms with Gasteiger partial charge in [0.2, 0.25) is 5.91 Å². The van der Waals surface area contributed by atoms with Gasteiger partial charge in [-0.05, 0) is 18.9 Å². The lowest BCUT2D eigenvalue weighted by Gasteiger charge is -2.24. The second kappa shape index (κ2) is 8.09. The predicted molar refractivity (Wildman–Crippen MR) is 81.5 cm³/mol. The summed E-state index contributed by atoms with van der Waals surface area (Å²) < 4.78 is 4.66. The second-order valence-electron chi connectivity index (χ2n) is 4.86. The van der Waals surface area contributed by atoms with E-state index in [1.807, 2.05) is 30.3 Å². The number of ether oxygens (including phenoxy) is 1. The van der Waals surface area contributed by atoms with Crippen LogP contribution in [0.4, 0.5) is 0 Å². The van der Waals surface area contributed by atoms with Crippen LogP contribution in [0.1, 0.15) is 19.4 Å². The summed E-state index contributed by atoms with van der Waals surface area (Å²) in [5.74, 6) is -0.526. The van der Waals surface area contributed by atoms with Crippen molar-refractivity contribution in [1.29, 1.82) is 0 Å². The van der Waals surface area contributed by atoms with E-state index >= 15 is 0 Å². The summed E-state index contributed by atoms with van der Waals surface area (Å²) in [5.41, 5.74) is 1.65. The minimum absolute atomic E-state index is 0.149. The number of nitrogens with one attached hydrogen (secondary N) is 2. The van der Waals surface area contributed by atoms with E-state index in [4.69, 9.17) is 0 Å². The van der Waals surface area contributed by atoms with Gasteiger partial charge in [0.05, 0.1) is 13.2 Å². The van der Waals surface area contributed by atoms with Crippen molar-refractivity contribution in [2.75, 3.05) is 7.11 Å². The molecule has 1 aromatic rings. The molecule has 0 fully saturated rings. The zero-order chi connectivity index (χ0) is 15.8. The molecule has 5 heteroatoms. The molecular formula is C16H22N2O3. The Morgan fingerprint density at radius 1 is 1.24 bits per heavy atom. The third-order valence-corrected chi connectivity index (χ3v) is 3.04. The Bertz CT molecular complexity index is 500. The quantitative estimate of drug-likeness (QED) is 0.745. The minimum atomic E-state index is -0.519. The highest BCUT2D eigenvalue weighted by Crippen LogP contribution is 2.08. The topological polar surface area (TPSA) is 67.4 Å². The Balaban J connectivity index is 2.75. The first kappa shape index (κ1) is 16.8. The maximum Gasteiger partial charge on any atom is 0.327 e. The minimum Gasteiger partial charge on any atom is -0.467 e.